The Balaban J connectivity index is 2.27. The maximum absolute atomic E-state index is 4.32. The number of nitrogens with zero attached hydrogens (tertiary/aromatic N) is 1. The van der Waals surface area contributed by atoms with Crippen molar-refractivity contribution in [2.75, 3.05) is 5.32 Å². The van der Waals surface area contributed by atoms with Crippen LogP contribution in [-0.2, 0) is 6.42 Å². The van der Waals surface area contributed by atoms with Crippen molar-refractivity contribution in [3.8, 4) is 0 Å². The molecule has 0 aliphatic carbocycles. The predicted molar refractivity (Wildman–Crippen MR) is 79.4 cm³/mol. The van der Waals surface area contributed by atoms with Gasteiger partial charge in [-0.25, -0.2) is 4.98 Å². The second kappa shape index (κ2) is 5.53. The van der Waals surface area contributed by atoms with E-state index in [0.29, 0.717) is 6.04 Å². The average Bonchev–Trinajstić information content (AvgIpc) is 2.78. The van der Waals surface area contributed by atoms with Crippen molar-refractivity contribution in [1.29, 1.82) is 0 Å². The highest BCUT2D eigenvalue weighted by Gasteiger charge is 2.13. The van der Waals surface area contributed by atoms with E-state index in [1.54, 1.807) is 11.3 Å². The Kier molecular flexibility index (Phi) is 4.02. The molecule has 2 rings (SSSR count). The summed E-state index contributed by atoms with van der Waals surface area (Å²) in [5, 5.41) is 3.64. The van der Waals surface area contributed by atoms with Gasteiger partial charge in [-0.05, 0) is 38.3 Å². The molecule has 0 radical (unpaired) electrons. The highest BCUT2D eigenvalue weighted by molar-refractivity contribution is 7.09. The van der Waals surface area contributed by atoms with Crippen molar-refractivity contribution in [2.45, 2.75) is 40.2 Å². The molecule has 3 heteroatoms. The Morgan fingerprint density at radius 1 is 1.33 bits per heavy atom. The van der Waals surface area contributed by atoms with Gasteiger partial charge in [-0.3, -0.25) is 0 Å². The molecule has 96 valence electrons. The minimum Gasteiger partial charge on any atom is -0.377 e. The summed E-state index contributed by atoms with van der Waals surface area (Å²) in [7, 11) is 0. The Bertz CT molecular complexity index is 531. The van der Waals surface area contributed by atoms with Crippen LogP contribution in [-0.4, -0.2) is 4.98 Å². The van der Waals surface area contributed by atoms with E-state index in [4.69, 9.17) is 0 Å². The quantitative estimate of drug-likeness (QED) is 0.875. The lowest BCUT2D eigenvalue weighted by Crippen LogP contribution is -2.09. The van der Waals surface area contributed by atoms with Gasteiger partial charge in [-0.1, -0.05) is 25.1 Å². The molecule has 0 bridgehead atoms. The SMILES string of the molecule is CCc1cccc(C)c1NC(C)c1scnc1C. The molecule has 0 saturated heterocycles. The number of aromatic nitrogens is 1. The molecule has 0 amide bonds. The lowest BCUT2D eigenvalue weighted by atomic mass is 10.0. The van der Waals surface area contributed by atoms with Gasteiger partial charge in [0.05, 0.1) is 17.2 Å². The lowest BCUT2D eigenvalue weighted by molar-refractivity contribution is 0.882. The van der Waals surface area contributed by atoms with Crippen molar-refractivity contribution in [3.63, 3.8) is 0 Å². The summed E-state index contributed by atoms with van der Waals surface area (Å²) in [5.74, 6) is 0. The van der Waals surface area contributed by atoms with Crippen LogP contribution < -0.4 is 5.32 Å². The zero-order valence-corrected chi connectivity index (χ0v) is 12.3. The summed E-state index contributed by atoms with van der Waals surface area (Å²) in [6.45, 7) is 8.63. The van der Waals surface area contributed by atoms with Crippen LogP contribution in [0.2, 0.25) is 0 Å². The molecule has 2 aromatic rings. The average molecular weight is 260 g/mol. The lowest BCUT2D eigenvalue weighted by Gasteiger charge is -2.19. The number of hydrogen-bond acceptors (Lipinski definition) is 3. The monoisotopic (exact) mass is 260 g/mol. The van der Waals surface area contributed by atoms with Crippen LogP contribution >= 0.6 is 11.3 Å². The summed E-state index contributed by atoms with van der Waals surface area (Å²) in [6.07, 6.45) is 1.05. The molecular weight excluding hydrogens is 240 g/mol. The minimum absolute atomic E-state index is 0.309. The molecule has 0 saturated carbocycles. The van der Waals surface area contributed by atoms with E-state index in [9.17, 15) is 0 Å². The van der Waals surface area contributed by atoms with Gasteiger partial charge >= 0.3 is 0 Å². The second-order valence-corrected chi connectivity index (χ2v) is 5.52. The third-order valence-corrected chi connectivity index (χ3v) is 4.39. The third kappa shape index (κ3) is 2.56. The first kappa shape index (κ1) is 13.1. The molecule has 1 atom stereocenters. The van der Waals surface area contributed by atoms with Crippen LogP contribution in [0.4, 0.5) is 5.69 Å². The summed E-state index contributed by atoms with van der Waals surface area (Å²) < 4.78 is 0. The number of nitrogens with one attached hydrogen (secondary N) is 1. The molecule has 1 aromatic carbocycles. The van der Waals surface area contributed by atoms with E-state index < -0.39 is 0 Å². The van der Waals surface area contributed by atoms with Gasteiger partial charge in [0.15, 0.2) is 0 Å². The fraction of sp³-hybridized carbons (Fsp3) is 0.400. The van der Waals surface area contributed by atoms with Crippen LogP contribution in [0.5, 0.6) is 0 Å². The molecule has 1 unspecified atom stereocenters. The summed E-state index contributed by atoms with van der Waals surface area (Å²) >= 11 is 1.72. The highest BCUT2D eigenvalue weighted by Crippen LogP contribution is 2.29. The predicted octanol–water partition coefficient (Wildman–Crippen LogP) is 4.50. The fourth-order valence-corrected chi connectivity index (χ4v) is 3.05. The normalized spacial score (nSPS) is 12.4. The van der Waals surface area contributed by atoms with Crippen molar-refractivity contribution in [2.24, 2.45) is 0 Å². The second-order valence-electron chi connectivity index (χ2n) is 4.63. The zero-order chi connectivity index (χ0) is 13.1. The van der Waals surface area contributed by atoms with Gasteiger partial charge in [-0.15, -0.1) is 11.3 Å². The maximum atomic E-state index is 4.32. The van der Waals surface area contributed by atoms with Gasteiger partial charge in [0.1, 0.15) is 0 Å². The summed E-state index contributed by atoms with van der Waals surface area (Å²) in [4.78, 5) is 5.64. The maximum Gasteiger partial charge on any atom is 0.0798 e. The number of para-hydroxylation sites is 1. The molecule has 1 N–H and O–H groups in total. The van der Waals surface area contributed by atoms with E-state index in [2.05, 4.69) is 56.2 Å². The highest BCUT2D eigenvalue weighted by atomic mass is 32.1. The van der Waals surface area contributed by atoms with Crippen LogP contribution in [0.15, 0.2) is 23.7 Å². The van der Waals surface area contributed by atoms with E-state index >= 15 is 0 Å². The zero-order valence-electron chi connectivity index (χ0n) is 11.4. The first-order chi connectivity index (χ1) is 8.63. The molecular formula is C15H20N2S. The van der Waals surface area contributed by atoms with Crippen molar-refractivity contribution in [3.05, 3.63) is 45.4 Å². The first-order valence-electron chi connectivity index (χ1n) is 6.38. The van der Waals surface area contributed by atoms with Gasteiger partial charge < -0.3 is 5.32 Å². The third-order valence-electron chi connectivity index (χ3n) is 3.28. The van der Waals surface area contributed by atoms with Gasteiger partial charge in [-0.2, -0.15) is 0 Å². The number of rotatable bonds is 4. The van der Waals surface area contributed by atoms with Crippen molar-refractivity contribution in [1.82, 2.24) is 4.98 Å². The Labute approximate surface area is 113 Å². The van der Waals surface area contributed by atoms with Crippen LogP contribution in [0.3, 0.4) is 0 Å². The van der Waals surface area contributed by atoms with E-state index in [1.807, 2.05) is 5.51 Å². The number of thiazole rings is 1. The molecule has 0 aliphatic heterocycles. The largest absolute Gasteiger partial charge is 0.377 e. The van der Waals surface area contributed by atoms with Crippen molar-refractivity contribution < 1.29 is 0 Å². The van der Waals surface area contributed by atoms with E-state index in [1.165, 1.54) is 21.7 Å². The number of benzene rings is 1. The topological polar surface area (TPSA) is 24.9 Å². The molecule has 2 nitrogen and oxygen atoms in total. The summed E-state index contributed by atoms with van der Waals surface area (Å²) in [6, 6.07) is 6.79. The van der Waals surface area contributed by atoms with Crippen LogP contribution in [0.1, 0.15) is 41.6 Å². The number of aryl methyl sites for hydroxylation is 3. The van der Waals surface area contributed by atoms with Crippen LogP contribution in [0.25, 0.3) is 0 Å². The molecule has 18 heavy (non-hydrogen) atoms. The molecule has 0 fully saturated rings. The molecule has 1 aromatic heterocycles. The van der Waals surface area contributed by atoms with E-state index in [-0.39, 0.29) is 0 Å². The number of hydrogen-bond donors (Lipinski definition) is 1. The molecule has 0 spiro atoms. The van der Waals surface area contributed by atoms with Crippen molar-refractivity contribution >= 4 is 17.0 Å². The fourth-order valence-electron chi connectivity index (χ4n) is 2.24. The van der Waals surface area contributed by atoms with Gasteiger partial charge in [0.25, 0.3) is 0 Å². The van der Waals surface area contributed by atoms with Gasteiger partial charge in [0, 0.05) is 10.6 Å². The Morgan fingerprint density at radius 2 is 2.11 bits per heavy atom. The minimum atomic E-state index is 0.309. The Morgan fingerprint density at radius 3 is 2.72 bits per heavy atom. The van der Waals surface area contributed by atoms with Crippen LogP contribution in [0, 0.1) is 13.8 Å². The first-order valence-corrected chi connectivity index (χ1v) is 7.26. The van der Waals surface area contributed by atoms with Gasteiger partial charge in [0.2, 0.25) is 0 Å². The molecule has 0 aliphatic rings. The Hall–Kier alpha value is -1.35. The smallest absolute Gasteiger partial charge is 0.0798 e. The summed E-state index contributed by atoms with van der Waals surface area (Å²) in [5.41, 5.74) is 7.01. The standard InChI is InChI=1S/C15H20N2S/c1-5-13-8-6-7-10(2)14(13)17-12(4)15-11(3)16-9-18-15/h6-9,12,17H,5H2,1-4H3. The number of anilines is 1. The van der Waals surface area contributed by atoms with E-state index in [0.717, 1.165) is 12.1 Å². The molecule has 1 heterocycles.